The van der Waals surface area contributed by atoms with Crippen LogP contribution in [0.1, 0.15) is 54.2 Å². The molecule has 1 aliphatic heterocycles. The molecule has 1 atom stereocenters. The van der Waals surface area contributed by atoms with Gasteiger partial charge in [-0.3, -0.25) is 4.79 Å². The fraction of sp³-hybridized carbons (Fsp3) is 0.500. The summed E-state index contributed by atoms with van der Waals surface area (Å²) in [5.74, 6) is -0.0579. The van der Waals surface area contributed by atoms with E-state index >= 15 is 0 Å². The molecule has 0 spiro atoms. The van der Waals surface area contributed by atoms with Gasteiger partial charge in [-0.15, -0.1) is 0 Å². The first-order valence-electron chi connectivity index (χ1n) is 8.90. The van der Waals surface area contributed by atoms with Crippen LogP contribution in [0.5, 0.6) is 0 Å². The third-order valence-electron chi connectivity index (χ3n) is 4.52. The van der Waals surface area contributed by atoms with Crippen LogP contribution >= 0.6 is 0 Å². The zero-order valence-corrected chi connectivity index (χ0v) is 15.2. The predicted molar refractivity (Wildman–Crippen MR) is 93.8 cm³/mol. The molecular formula is C18H22F3N5O. The fourth-order valence-electron chi connectivity index (χ4n) is 3.19. The summed E-state index contributed by atoms with van der Waals surface area (Å²) in [7, 11) is 0. The Labute approximate surface area is 155 Å². The van der Waals surface area contributed by atoms with Crippen LogP contribution in [0.2, 0.25) is 0 Å². The first kappa shape index (κ1) is 19.3. The van der Waals surface area contributed by atoms with E-state index in [2.05, 4.69) is 20.7 Å². The van der Waals surface area contributed by atoms with Crippen LogP contribution in [0.25, 0.3) is 5.82 Å². The first-order chi connectivity index (χ1) is 12.8. The van der Waals surface area contributed by atoms with Gasteiger partial charge < -0.3 is 10.6 Å². The van der Waals surface area contributed by atoms with Crippen molar-refractivity contribution in [1.82, 2.24) is 25.4 Å². The number of carbonyl (C=O) groups excluding carboxylic acids is 1. The third-order valence-corrected chi connectivity index (χ3v) is 4.52. The zero-order chi connectivity index (χ0) is 19.6. The molecular weight excluding hydrogens is 359 g/mol. The van der Waals surface area contributed by atoms with Crippen LogP contribution in [0.3, 0.4) is 0 Å². The van der Waals surface area contributed by atoms with Gasteiger partial charge in [-0.25, -0.2) is 9.67 Å². The summed E-state index contributed by atoms with van der Waals surface area (Å²) in [6.07, 6.45) is -0.328. The highest BCUT2D eigenvalue weighted by Crippen LogP contribution is 2.29. The zero-order valence-electron chi connectivity index (χ0n) is 15.2. The van der Waals surface area contributed by atoms with Crippen molar-refractivity contribution in [1.29, 1.82) is 0 Å². The molecule has 146 valence electrons. The molecule has 2 aromatic heterocycles. The van der Waals surface area contributed by atoms with E-state index < -0.39 is 11.7 Å². The van der Waals surface area contributed by atoms with Crippen molar-refractivity contribution >= 4 is 5.91 Å². The normalized spacial score (nSPS) is 17.9. The number of hydrogen-bond acceptors (Lipinski definition) is 4. The SMILES string of the molecule is CC(C)c1c(C(=O)NC2CCCNC2)cnn1-c1ccc(C(F)(F)F)cn1. The Morgan fingerprint density at radius 2 is 2.11 bits per heavy atom. The van der Waals surface area contributed by atoms with Gasteiger partial charge in [0.2, 0.25) is 0 Å². The van der Waals surface area contributed by atoms with Crippen molar-refractivity contribution < 1.29 is 18.0 Å². The van der Waals surface area contributed by atoms with Crippen molar-refractivity contribution in [2.45, 2.75) is 44.8 Å². The Kier molecular flexibility index (Phi) is 5.50. The molecule has 2 aromatic rings. The lowest BCUT2D eigenvalue weighted by molar-refractivity contribution is -0.137. The van der Waals surface area contributed by atoms with Crippen molar-refractivity contribution in [3.05, 3.63) is 41.3 Å². The topological polar surface area (TPSA) is 71.8 Å². The lowest BCUT2D eigenvalue weighted by Crippen LogP contribution is -2.45. The molecule has 1 fully saturated rings. The number of pyridine rings is 1. The number of alkyl halides is 3. The van der Waals surface area contributed by atoms with Gasteiger partial charge >= 0.3 is 6.18 Å². The molecule has 0 saturated carbocycles. The Morgan fingerprint density at radius 1 is 1.33 bits per heavy atom. The highest BCUT2D eigenvalue weighted by Gasteiger charge is 2.31. The average Bonchev–Trinajstić information content (AvgIpc) is 3.07. The molecule has 0 aliphatic carbocycles. The molecule has 3 heterocycles. The maximum atomic E-state index is 12.7. The monoisotopic (exact) mass is 381 g/mol. The van der Waals surface area contributed by atoms with Crippen LogP contribution in [-0.4, -0.2) is 39.8 Å². The van der Waals surface area contributed by atoms with Crippen LogP contribution in [-0.2, 0) is 6.18 Å². The van der Waals surface area contributed by atoms with Gasteiger partial charge in [0.05, 0.1) is 23.0 Å². The Hall–Kier alpha value is -2.42. The number of nitrogens with one attached hydrogen (secondary N) is 2. The Bertz CT molecular complexity index is 792. The van der Waals surface area contributed by atoms with Gasteiger partial charge in [-0.1, -0.05) is 13.8 Å². The summed E-state index contributed by atoms with van der Waals surface area (Å²) >= 11 is 0. The molecule has 1 aliphatic rings. The van der Waals surface area contributed by atoms with E-state index in [9.17, 15) is 18.0 Å². The number of nitrogens with zero attached hydrogens (tertiary/aromatic N) is 3. The standard InChI is InChI=1S/C18H22F3N5O/c1-11(2)16-14(17(27)25-13-4-3-7-22-9-13)10-24-26(16)15-6-5-12(8-23-15)18(19,20)21/h5-6,8,10-11,13,22H,3-4,7,9H2,1-2H3,(H,25,27). The highest BCUT2D eigenvalue weighted by molar-refractivity contribution is 5.95. The molecule has 2 N–H and O–H groups in total. The summed E-state index contributed by atoms with van der Waals surface area (Å²) in [5, 5.41) is 10.5. The van der Waals surface area contributed by atoms with E-state index in [1.807, 2.05) is 13.8 Å². The van der Waals surface area contributed by atoms with Gasteiger partial charge in [0.25, 0.3) is 5.91 Å². The second-order valence-electron chi connectivity index (χ2n) is 6.93. The van der Waals surface area contributed by atoms with E-state index in [0.717, 1.165) is 38.2 Å². The minimum Gasteiger partial charge on any atom is -0.348 e. The minimum absolute atomic E-state index is 0.0545. The van der Waals surface area contributed by atoms with E-state index in [0.29, 0.717) is 11.3 Å². The Morgan fingerprint density at radius 3 is 2.67 bits per heavy atom. The van der Waals surface area contributed by atoms with Crippen LogP contribution in [0.15, 0.2) is 24.5 Å². The molecule has 9 heteroatoms. The highest BCUT2D eigenvalue weighted by atomic mass is 19.4. The van der Waals surface area contributed by atoms with Gasteiger partial charge in [-0.2, -0.15) is 18.3 Å². The smallest absolute Gasteiger partial charge is 0.348 e. The summed E-state index contributed by atoms with van der Waals surface area (Å²) in [6, 6.07) is 2.27. The average molecular weight is 381 g/mol. The molecule has 3 rings (SSSR count). The summed E-state index contributed by atoms with van der Waals surface area (Å²) in [5.41, 5.74) is 0.202. The van der Waals surface area contributed by atoms with Crippen molar-refractivity contribution in [3.63, 3.8) is 0 Å². The number of rotatable bonds is 4. The molecule has 27 heavy (non-hydrogen) atoms. The second-order valence-corrected chi connectivity index (χ2v) is 6.93. The summed E-state index contributed by atoms with van der Waals surface area (Å²) in [6.45, 7) is 5.46. The predicted octanol–water partition coefficient (Wildman–Crippen LogP) is 2.89. The van der Waals surface area contributed by atoms with Gasteiger partial charge in [0.1, 0.15) is 0 Å². The van der Waals surface area contributed by atoms with E-state index in [4.69, 9.17) is 0 Å². The molecule has 1 unspecified atom stereocenters. The lowest BCUT2D eigenvalue weighted by Gasteiger charge is -2.24. The maximum absolute atomic E-state index is 12.7. The second kappa shape index (κ2) is 7.67. The van der Waals surface area contributed by atoms with E-state index in [1.165, 1.54) is 16.9 Å². The maximum Gasteiger partial charge on any atom is 0.417 e. The van der Waals surface area contributed by atoms with Gasteiger partial charge in [0.15, 0.2) is 5.82 Å². The number of piperidine rings is 1. The molecule has 0 aromatic carbocycles. The molecule has 0 radical (unpaired) electrons. The lowest BCUT2D eigenvalue weighted by atomic mass is 10.0. The van der Waals surface area contributed by atoms with Crippen LogP contribution in [0.4, 0.5) is 13.2 Å². The van der Waals surface area contributed by atoms with Gasteiger partial charge in [0, 0.05) is 18.8 Å². The third kappa shape index (κ3) is 4.29. The summed E-state index contributed by atoms with van der Waals surface area (Å²) < 4.78 is 39.7. The summed E-state index contributed by atoms with van der Waals surface area (Å²) in [4.78, 5) is 16.6. The van der Waals surface area contributed by atoms with Crippen molar-refractivity contribution in [2.75, 3.05) is 13.1 Å². The van der Waals surface area contributed by atoms with Crippen molar-refractivity contribution in [3.8, 4) is 5.82 Å². The van der Waals surface area contributed by atoms with Crippen LogP contribution in [0, 0.1) is 0 Å². The largest absolute Gasteiger partial charge is 0.417 e. The Balaban J connectivity index is 1.88. The van der Waals surface area contributed by atoms with Gasteiger partial charge in [-0.05, 0) is 37.4 Å². The molecule has 1 saturated heterocycles. The first-order valence-corrected chi connectivity index (χ1v) is 8.90. The van der Waals surface area contributed by atoms with E-state index in [-0.39, 0.29) is 23.7 Å². The number of aromatic nitrogens is 3. The number of hydrogen-bond donors (Lipinski definition) is 2. The quantitative estimate of drug-likeness (QED) is 0.854. The number of halogens is 3. The number of amides is 1. The molecule has 1 amide bonds. The minimum atomic E-state index is -4.45. The fourth-order valence-corrected chi connectivity index (χ4v) is 3.19. The van der Waals surface area contributed by atoms with Crippen molar-refractivity contribution in [2.24, 2.45) is 0 Å². The van der Waals surface area contributed by atoms with E-state index in [1.54, 1.807) is 0 Å². The van der Waals surface area contributed by atoms with Crippen LogP contribution < -0.4 is 10.6 Å². The molecule has 0 bridgehead atoms. The molecule has 6 nitrogen and oxygen atoms in total. The number of carbonyl (C=O) groups is 1.